The molecule has 0 aliphatic rings. The minimum Gasteiger partial charge on any atom is -0.365 e. The first-order valence-corrected chi connectivity index (χ1v) is 4.92. The number of hydrazine groups is 1. The number of nitrogens with zero attached hydrogens (tertiary/aromatic N) is 2. The van der Waals surface area contributed by atoms with Gasteiger partial charge in [0.2, 0.25) is 0 Å². The molecule has 0 amide bonds. The largest absolute Gasteiger partial charge is 0.365 e. The van der Waals surface area contributed by atoms with Gasteiger partial charge in [0.15, 0.2) is 5.03 Å². The molecule has 1 aromatic rings. The third kappa shape index (κ3) is 3.56. The van der Waals surface area contributed by atoms with Gasteiger partial charge in [0, 0.05) is 0 Å². The Hall–Kier alpha value is -2.11. The second-order valence-corrected chi connectivity index (χ2v) is 3.22. The van der Waals surface area contributed by atoms with Crippen LogP contribution >= 0.6 is 0 Å². The molecule has 0 spiro atoms. The van der Waals surface area contributed by atoms with Crippen molar-refractivity contribution in [3.05, 3.63) is 46.0 Å². The second-order valence-electron chi connectivity index (χ2n) is 3.22. The number of aliphatic imine (C=N–C) groups is 1. The molecule has 1 rings (SSSR count). The lowest BCUT2D eigenvalue weighted by atomic mass is 10.1. The highest BCUT2D eigenvalue weighted by molar-refractivity contribution is 5.76. The monoisotopic (exact) mass is 222 g/mol. The summed E-state index contributed by atoms with van der Waals surface area (Å²) in [7, 11) is 0. The summed E-state index contributed by atoms with van der Waals surface area (Å²) < 4.78 is 0. The average Bonchev–Trinajstić information content (AvgIpc) is 2.26. The standard InChI is InChI=1S/C10H14N4O2/c1-2-9(8-6-4-3-5-7-8)12-10(11)13-14(15)16/h3-7,9H,2H2,1H3,(H3,11,12,13). The van der Waals surface area contributed by atoms with E-state index in [1.54, 1.807) is 0 Å². The van der Waals surface area contributed by atoms with Gasteiger partial charge in [0.05, 0.1) is 6.04 Å². The molecule has 1 unspecified atom stereocenters. The molecule has 1 aromatic carbocycles. The van der Waals surface area contributed by atoms with Crippen LogP contribution in [0.3, 0.4) is 0 Å². The number of rotatable bonds is 4. The number of nitrogens with two attached hydrogens (primary N) is 1. The van der Waals surface area contributed by atoms with E-state index in [1.807, 2.05) is 42.7 Å². The molecule has 1 atom stereocenters. The van der Waals surface area contributed by atoms with Gasteiger partial charge >= 0.3 is 0 Å². The van der Waals surface area contributed by atoms with Crippen LogP contribution in [-0.2, 0) is 0 Å². The van der Waals surface area contributed by atoms with E-state index >= 15 is 0 Å². The fraction of sp³-hybridized carbons (Fsp3) is 0.300. The molecular formula is C10H14N4O2. The first kappa shape index (κ1) is 12.0. The molecule has 0 saturated heterocycles. The molecule has 6 nitrogen and oxygen atoms in total. The van der Waals surface area contributed by atoms with Crippen LogP contribution in [0.1, 0.15) is 24.9 Å². The topological polar surface area (TPSA) is 93.5 Å². The number of nitro groups is 1. The first-order valence-electron chi connectivity index (χ1n) is 4.92. The van der Waals surface area contributed by atoms with E-state index in [0.29, 0.717) is 0 Å². The van der Waals surface area contributed by atoms with E-state index < -0.39 is 5.03 Å². The number of hydrogen-bond acceptors (Lipinski definition) is 3. The smallest absolute Gasteiger partial charge is 0.252 e. The molecular weight excluding hydrogens is 208 g/mol. The van der Waals surface area contributed by atoms with Crippen LogP contribution in [0.5, 0.6) is 0 Å². The van der Waals surface area contributed by atoms with Gasteiger partial charge in [-0.3, -0.25) is 0 Å². The Morgan fingerprint density at radius 3 is 2.69 bits per heavy atom. The third-order valence-corrected chi connectivity index (χ3v) is 2.07. The Kier molecular flexibility index (Phi) is 4.26. The summed E-state index contributed by atoms with van der Waals surface area (Å²) in [5.41, 5.74) is 8.20. The lowest BCUT2D eigenvalue weighted by Gasteiger charge is -2.10. The normalized spacial score (nSPS) is 13.2. The van der Waals surface area contributed by atoms with Gasteiger partial charge in [-0.15, -0.1) is 0 Å². The van der Waals surface area contributed by atoms with E-state index in [-0.39, 0.29) is 12.0 Å². The molecule has 0 aromatic heterocycles. The van der Waals surface area contributed by atoms with Crippen molar-refractivity contribution in [3.8, 4) is 0 Å². The van der Waals surface area contributed by atoms with Crippen LogP contribution in [0, 0.1) is 10.1 Å². The summed E-state index contributed by atoms with van der Waals surface area (Å²) >= 11 is 0. The first-order chi connectivity index (χ1) is 7.63. The molecule has 0 saturated carbocycles. The van der Waals surface area contributed by atoms with Crippen molar-refractivity contribution in [3.63, 3.8) is 0 Å². The molecule has 86 valence electrons. The van der Waals surface area contributed by atoms with Gasteiger partial charge in [-0.2, -0.15) is 0 Å². The van der Waals surface area contributed by atoms with Gasteiger partial charge in [0.1, 0.15) is 0 Å². The van der Waals surface area contributed by atoms with Crippen molar-refractivity contribution < 1.29 is 5.03 Å². The van der Waals surface area contributed by atoms with Crippen molar-refractivity contribution in [2.45, 2.75) is 19.4 Å². The predicted octanol–water partition coefficient (Wildman–Crippen LogP) is 1.23. The predicted molar refractivity (Wildman–Crippen MR) is 61.2 cm³/mol. The molecule has 16 heavy (non-hydrogen) atoms. The van der Waals surface area contributed by atoms with Crippen molar-refractivity contribution in [2.24, 2.45) is 10.7 Å². The van der Waals surface area contributed by atoms with Gasteiger partial charge in [-0.05, 0) is 12.0 Å². The van der Waals surface area contributed by atoms with E-state index in [0.717, 1.165) is 12.0 Å². The lowest BCUT2D eigenvalue weighted by molar-refractivity contribution is -0.525. The Bertz CT molecular complexity index is 378. The maximum Gasteiger partial charge on any atom is 0.252 e. The SMILES string of the molecule is CCC(N=C(N)N[N+](=O)[O-])c1ccccc1. The van der Waals surface area contributed by atoms with Crippen molar-refractivity contribution in [2.75, 3.05) is 0 Å². The summed E-state index contributed by atoms with van der Waals surface area (Å²) in [6.45, 7) is 1.95. The van der Waals surface area contributed by atoms with E-state index in [1.165, 1.54) is 0 Å². The second kappa shape index (κ2) is 5.69. The van der Waals surface area contributed by atoms with E-state index in [9.17, 15) is 10.1 Å². The van der Waals surface area contributed by atoms with Gasteiger partial charge in [-0.25, -0.2) is 15.1 Å². The van der Waals surface area contributed by atoms with Gasteiger partial charge in [-0.1, -0.05) is 42.7 Å². The fourth-order valence-corrected chi connectivity index (χ4v) is 1.37. The molecule has 3 N–H and O–H groups in total. The molecule has 6 heteroatoms. The summed E-state index contributed by atoms with van der Waals surface area (Å²) in [5, 5.41) is 9.42. The highest BCUT2D eigenvalue weighted by Crippen LogP contribution is 2.19. The zero-order valence-corrected chi connectivity index (χ0v) is 8.96. The van der Waals surface area contributed by atoms with Crippen LogP contribution in [0.15, 0.2) is 35.3 Å². The minimum absolute atomic E-state index is 0.159. The van der Waals surface area contributed by atoms with E-state index in [2.05, 4.69) is 4.99 Å². The summed E-state index contributed by atoms with van der Waals surface area (Å²) in [6.07, 6.45) is 0.726. The Balaban J connectivity index is 2.80. The average molecular weight is 222 g/mol. The molecule has 0 heterocycles. The number of hydrogen-bond donors (Lipinski definition) is 2. The van der Waals surface area contributed by atoms with Crippen LogP contribution < -0.4 is 11.2 Å². The molecule has 0 bridgehead atoms. The van der Waals surface area contributed by atoms with E-state index in [4.69, 9.17) is 5.73 Å². The lowest BCUT2D eigenvalue weighted by Crippen LogP contribution is -2.36. The number of nitrogens with one attached hydrogen (secondary N) is 1. The molecule has 0 aliphatic carbocycles. The summed E-state index contributed by atoms with van der Waals surface area (Å²) in [6, 6.07) is 9.36. The quantitative estimate of drug-likeness (QED) is 0.347. The summed E-state index contributed by atoms with van der Waals surface area (Å²) in [5.74, 6) is -0.180. The Morgan fingerprint density at radius 1 is 1.56 bits per heavy atom. The number of benzene rings is 1. The molecule has 0 fully saturated rings. The summed E-state index contributed by atoms with van der Waals surface area (Å²) in [4.78, 5) is 14.2. The van der Waals surface area contributed by atoms with Crippen LogP contribution in [0.25, 0.3) is 0 Å². The third-order valence-electron chi connectivity index (χ3n) is 2.07. The zero-order valence-electron chi connectivity index (χ0n) is 8.96. The van der Waals surface area contributed by atoms with Crippen LogP contribution in [-0.4, -0.2) is 11.0 Å². The van der Waals surface area contributed by atoms with Crippen molar-refractivity contribution >= 4 is 5.96 Å². The highest BCUT2D eigenvalue weighted by Gasteiger charge is 2.09. The zero-order chi connectivity index (χ0) is 12.0. The van der Waals surface area contributed by atoms with Crippen LogP contribution in [0.2, 0.25) is 0 Å². The number of guanidine groups is 1. The maximum atomic E-state index is 10.1. The molecule has 0 aliphatic heterocycles. The molecule has 0 radical (unpaired) electrons. The van der Waals surface area contributed by atoms with Crippen molar-refractivity contribution in [1.82, 2.24) is 5.43 Å². The van der Waals surface area contributed by atoms with Gasteiger partial charge < -0.3 is 5.73 Å². The minimum atomic E-state index is -0.726. The Morgan fingerprint density at radius 2 is 2.19 bits per heavy atom. The highest BCUT2D eigenvalue weighted by atomic mass is 16.7. The Labute approximate surface area is 93.3 Å². The van der Waals surface area contributed by atoms with Gasteiger partial charge in [0.25, 0.3) is 5.96 Å². The maximum absolute atomic E-state index is 10.1. The fourth-order valence-electron chi connectivity index (χ4n) is 1.37. The van der Waals surface area contributed by atoms with Crippen molar-refractivity contribution in [1.29, 1.82) is 0 Å². The van der Waals surface area contributed by atoms with Crippen LogP contribution in [0.4, 0.5) is 0 Å².